The lowest BCUT2D eigenvalue weighted by atomic mass is 9.68. The molecule has 1 radical (unpaired) electrons. The zero-order chi connectivity index (χ0) is 15.4. The summed E-state index contributed by atoms with van der Waals surface area (Å²) in [4.78, 5) is 23.8. The van der Waals surface area contributed by atoms with E-state index in [1.165, 1.54) is 0 Å². The Bertz CT molecular complexity index is 482. The number of benzene rings is 1. The molecule has 0 bridgehead atoms. The van der Waals surface area contributed by atoms with Crippen LogP contribution in [0.4, 0.5) is 0 Å². The average molecular weight is 287 g/mol. The summed E-state index contributed by atoms with van der Waals surface area (Å²) < 4.78 is 5.61. The van der Waals surface area contributed by atoms with E-state index in [1.807, 2.05) is 51.1 Å². The molecular formula is C18H23O3. The summed E-state index contributed by atoms with van der Waals surface area (Å²) >= 11 is 0. The van der Waals surface area contributed by atoms with E-state index in [4.69, 9.17) is 4.74 Å². The number of hydrogen-bond acceptors (Lipinski definition) is 3. The third-order valence-corrected chi connectivity index (χ3v) is 4.66. The predicted molar refractivity (Wildman–Crippen MR) is 81.2 cm³/mol. The number of carbonyl (C=O) groups excluding carboxylic acids is 2. The standard InChI is InChI=1S/C18H23O3/c1-12-9-10-13(2)17(16(12)11-19)18(20)21-14(3)15-7-5-4-6-8-15/h4-8,12-14,16-17H,9-10H2,1-3H3/t12-,13+,14?,16?,17-/m1/s1. The minimum atomic E-state index is -0.364. The monoisotopic (exact) mass is 287 g/mol. The van der Waals surface area contributed by atoms with Gasteiger partial charge in [-0.1, -0.05) is 44.2 Å². The van der Waals surface area contributed by atoms with Gasteiger partial charge in [0.25, 0.3) is 0 Å². The summed E-state index contributed by atoms with van der Waals surface area (Å²) in [7, 11) is 0. The van der Waals surface area contributed by atoms with Crippen molar-refractivity contribution in [1.82, 2.24) is 0 Å². The molecule has 0 aliphatic heterocycles. The molecule has 2 unspecified atom stereocenters. The van der Waals surface area contributed by atoms with E-state index in [2.05, 4.69) is 6.29 Å². The molecule has 5 atom stereocenters. The van der Waals surface area contributed by atoms with Crippen LogP contribution in [0.15, 0.2) is 30.3 Å². The summed E-state index contributed by atoms with van der Waals surface area (Å²) in [5.74, 6) is -0.605. The molecule has 3 heteroatoms. The summed E-state index contributed by atoms with van der Waals surface area (Å²) in [6.45, 7) is 5.90. The Morgan fingerprint density at radius 3 is 2.43 bits per heavy atom. The molecule has 0 spiro atoms. The van der Waals surface area contributed by atoms with Gasteiger partial charge in [0.2, 0.25) is 6.29 Å². The first-order valence-electron chi connectivity index (χ1n) is 7.67. The second-order valence-electron chi connectivity index (χ2n) is 6.19. The molecule has 1 aliphatic rings. The lowest BCUT2D eigenvalue weighted by molar-refractivity contribution is -0.159. The molecule has 0 saturated heterocycles. The van der Waals surface area contributed by atoms with Crippen LogP contribution < -0.4 is 0 Å². The Labute approximate surface area is 126 Å². The predicted octanol–water partition coefficient (Wildman–Crippen LogP) is 3.70. The van der Waals surface area contributed by atoms with Crippen LogP contribution in [0.2, 0.25) is 0 Å². The molecule has 1 aromatic carbocycles. The number of ether oxygens (including phenoxy) is 1. The highest BCUT2D eigenvalue weighted by Crippen LogP contribution is 2.39. The fourth-order valence-corrected chi connectivity index (χ4v) is 3.21. The van der Waals surface area contributed by atoms with Crippen molar-refractivity contribution >= 4 is 12.3 Å². The lowest BCUT2D eigenvalue weighted by Crippen LogP contribution is -2.39. The van der Waals surface area contributed by atoms with Crippen molar-refractivity contribution in [1.29, 1.82) is 0 Å². The second-order valence-corrected chi connectivity index (χ2v) is 6.19. The highest BCUT2D eigenvalue weighted by molar-refractivity contribution is 5.78. The van der Waals surface area contributed by atoms with Gasteiger partial charge >= 0.3 is 5.97 Å². The highest BCUT2D eigenvalue weighted by atomic mass is 16.5. The number of rotatable bonds is 4. The average Bonchev–Trinajstić information content (AvgIpc) is 2.49. The maximum Gasteiger partial charge on any atom is 0.310 e. The van der Waals surface area contributed by atoms with Crippen LogP contribution in [0.3, 0.4) is 0 Å². The van der Waals surface area contributed by atoms with Gasteiger partial charge in [-0.25, -0.2) is 0 Å². The molecular weight excluding hydrogens is 264 g/mol. The van der Waals surface area contributed by atoms with Gasteiger partial charge < -0.3 is 4.74 Å². The number of carbonyl (C=O) groups is 1. The molecule has 2 rings (SSSR count). The summed E-state index contributed by atoms with van der Waals surface area (Å²) in [5, 5.41) is 0. The van der Waals surface area contributed by atoms with Crippen LogP contribution in [-0.4, -0.2) is 12.3 Å². The molecule has 1 aromatic rings. The maximum atomic E-state index is 12.5. The maximum absolute atomic E-state index is 12.5. The van der Waals surface area contributed by atoms with E-state index in [0.29, 0.717) is 0 Å². The van der Waals surface area contributed by atoms with Crippen molar-refractivity contribution < 1.29 is 14.3 Å². The first-order chi connectivity index (χ1) is 10.0. The molecule has 1 saturated carbocycles. The first kappa shape index (κ1) is 15.7. The second kappa shape index (κ2) is 6.88. The van der Waals surface area contributed by atoms with Gasteiger partial charge in [-0.05, 0) is 37.2 Å². The number of hydrogen-bond donors (Lipinski definition) is 0. The smallest absolute Gasteiger partial charge is 0.310 e. The van der Waals surface area contributed by atoms with E-state index in [1.54, 1.807) is 0 Å². The zero-order valence-electron chi connectivity index (χ0n) is 12.9. The fraction of sp³-hybridized carbons (Fsp3) is 0.556. The van der Waals surface area contributed by atoms with Crippen LogP contribution >= 0.6 is 0 Å². The third-order valence-electron chi connectivity index (χ3n) is 4.66. The van der Waals surface area contributed by atoms with Crippen molar-refractivity contribution in [2.24, 2.45) is 23.7 Å². The minimum absolute atomic E-state index is 0.170. The highest BCUT2D eigenvalue weighted by Gasteiger charge is 2.41. The third kappa shape index (κ3) is 3.52. The molecule has 3 nitrogen and oxygen atoms in total. The fourth-order valence-electron chi connectivity index (χ4n) is 3.21. The Morgan fingerprint density at radius 2 is 1.81 bits per heavy atom. The molecule has 1 aliphatic carbocycles. The van der Waals surface area contributed by atoms with Gasteiger partial charge in [-0.2, -0.15) is 0 Å². The van der Waals surface area contributed by atoms with Gasteiger partial charge in [-0.15, -0.1) is 0 Å². The van der Waals surface area contributed by atoms with Gasteiger partial charge in [0.1, 0.15) is 6.10 Å². The van der Waals surface area contributed by atoms with E-state index in [0.717, 1.165) is 18.4 Å². The largest absolute Gasteiger partial charge is 0.458 e. The molecule has 1 fully saturated rings. The molecule has 113 valence electrons. The van der Waals surface area contributed by atoms with Gasteiger partial charge in [-0.3, -0.25) is 9.59 Å². The molecule has 21 heavy (non-hydrogen) atoms. The van der Waals surface area contributed by atoms with E-state index >= 15 is 0 Å². The lowest BCUT2D eigenvalue weighted by Gasteiger charge is -2.36. The minimum Gasteiger partial charge on any atom is -0.458 e. The zero-order valence-corrected chi connectivity index (χ0v) is 12.9. The van der Waals surface area contributed by atoms with E-state index in [-0.39, 0.29) is 35.7 Å². The topological polar surface area (TPSA) is 43.4 Å². The Balaban J connectivity index is 2.09. The van der Waals surface area contributed by atoms with Crippen LogP contribution in [0.25, 0.3) is 0 Å². The van der Waals surface area contributed by atoms with E-state index < -0.39 is 0 Å². The van der Waals surface area contributed by atoms with Crippen LogP contribution in [-0.2, 0) is 14.3 Å². The first-order valence-corrected chi connectivity index (χ1v) is 7.67. The van der Waals surface area contributed by atoms with Crippen molar-refractivity contribution in [3.63, 3.8) is 0 Å². The van der Waals surface area contributed by atoms with Crippen molar-refractivity contribution in [3.05, 3.63) is 35.9 Å². The SMILES string of the molecule is CC(OC(=O)[C@H]1C([C]=O)[C@H](C)CC[C@@H]1C)c1ccccc1. The van der Waals surface area contributed by atoms with Gasteiger partial charge in [0.05, 0.1) is 5.92 Å². The normalized spacial score (nSPS) is 30.4. The summed E-state index contributed by atoms with van der Waals surface area (Å²) in [6, 6.07) is 9.66. The van der Waals surface area contributed by atoms with Crippen LogP contribution in [0.5, 0.6) is 0 Å². The quantitative estimate of drug-likeness (QED) is 0.793. The summed E-state index contributed by atoms with van der Waals surface area (Å²) in [6.07, 6.45) is 3.71. The Kier molecular flexibility index (Phi) is 5.16. The molecule has 0 amide bonds. The molecule has 0 N–H and O–H groups in total. The number of esters is 1. The van der Waals surface area contributed by atoms with Crippen LogP contribution in [0, 0.1) is 23.7 Å². The van der Waals surface area contributed by atoms with Crippen molar-refractivity contribution in [2.45, 2.75) is 39.7 Å². The van der Waals surface area contributed by atoms with Crippen molar-refractivity contribution in [2.75, 3.05) is 0 Å². The molecule has 0 aromatic heterocycles. The summed E-state index contributed by atoms with van der Waals surface area (Å²) in [5.41, 5.74) is 0.967. The Hall–Kier alpha value is -1.64. The van der Waals surface area contributed by atoms with Crippen LogP contribution in [0.1, 0.15) is 45.3 Å². The molecule has 0 heterocycles. The van der Waals surface area contributed by atoms with Crippen molar-refractivity contribution in [3.8, 4) is 0 Å². The van der Waals surface area contributed by atoms with Gasteiger partial charge in [0.15, 0.2) is 0 Å². The van der Waals surface area contributed by atoms with E-state index in [9.17, 15) is 9.59 Å². The van der Waals surface area contributed by atoms with Gasteiger partial charge in [0, 0.05) is 5.92 Å². The Morgan fingerprint density at radius 1 is 1.19 bits per heavy atom.